The van der Waals surface area contributed by atoms with Gasteiger partial charge in [-0.15, -0.1) is 11.8 Å². The average molecular weight is 318 g/mol. The summed E-state index contributed by atoms with van der Waals surface area (Å²) in [6, 6.07) is 9.17. The van der Waals surface area contributed by atoms with Crippen LogP contribution in [0.15, 0.2) is 40.4 Å². The smallest absolute Gasteiger partial charge is 0.296 e. The lowest BCUT2D eigenvalue weighted by Crippen LogP contribution is -2.26. The Hall–Kier alpha value is -0.990. The van der Waals surface area contributed by atoms with Crippen LogP contribution in [0.1, 0.15) is 6.92 Å². The predicted molar refractivity (Wildman–Crippen MR) is 81.3 cm³/mol. The summed E-state index contributed by atoms with van der Waals surface area (Å²) in [5.41, 5.74) is 0. The molecule has 0 fully saturated rings. The fourth-order valence-corrected chi connectivity index (χ4v) is 3.03. The van der Waals surface area contributed by atoms with Crippen LogP contribution in [0.3, 0.4) is 0 Å². The standard InChI is InChI=1S/C11H14N2O3S3/c1-9(17-3)12-16-11(14)13(2)19(15)18-10-7-5-4-6-8-10/h4-8H,1-3H3/b12-9-. The van der Waals surface area contributed by atoms with Crippen LogP contribution in [-0.2, 0) is 14.9 Å². The first-order valence-electron chi connectivity index (χ1n) is 5.23. The van der Waals surface area contributed by atoms with E-state index >= 15 is 0 Å². The molecule has 0 bridgehead atoms. The monoisotopic (exact) mass is 318 g/mol. The van der Waals surface area contributed by atoms with Gasteiger partial charge >= 0.3 is 6.09 Å². The van der Waals surface area contributed by atoms with Crippen molar-refractivity contribution in [3.05, 3.63) is 30.3 Å². The first kappa shape index (κ1) is 16.1. The lowest BCUT2D eigenvalue weighted by Gasteiger charge is -2.12. The molecule has 0 aliphatic rings. The van der Waals surface area contributed by atoms with E-state index < -0.39 is 16.1 Å². The molecule has 0 aliphatic heterocycles. The first-order valence-corrected chi connectivity index (χ1v) is 8.89. The molecule has 1 aromatic carbocycles. The summed E-state index contributed by atoms with van der Waals surface area (Å²) in [7, 11) is 0.902. The van der Waals surface area contributed by atoms with Crippen molar-refractivity contribution in [3.63, 3.8) is 0 Å². The number of amides is 1. The molecule has 5 nitrogen and oxygen atoms in total. The van der Waals surface area contributed by atoms with Gasteiger partial charge in [-0.3, -0.25) is 4.84 Å². The van der Waals surface area contributed by atoms with E-state index in [1.54, 1.807) is 6.92 Å². The van der Waals surface area contributed by atoms with Gasteiger partial charge in [0.05, 0.1) is 0 Å². The Balaban J connectivity index is 2.55. The highest BCUT2D eigenvalue weighted by Gasteiger charge is 2.18. The molecule has 0 N–H and O–H groups in total. The molecule has 1 rings (SSSR count). The summed E-state index contributed by atoms with van der Waals surface area (Å²) < 4.78 is 12.9. The summed E-state index contributed by atoms with van der Waals surface area (Å²) in [5.74, 6) is 0. The minimum Gasteiger partial charge on any atom is -0.296 e. The second-order valence-corrected chi connectivity index (χ2v) is 7.26. The van der Waals surface area contributed by atoms with E-state index in [4.69, 9.17) is 0 Å². The van der Waals surface area contributed by atoms with Crippen molar-refractivity contribution < 1.29 is 13.8 Å². The summed E-state index contributed by atoms with van der Waals surface area (Å²) in [4.78, 5) is 17.0. The van der Waals surface area contributed by atoms with Crippen molar-refractivity contribution in [2.24, 2.45) is 5.16 Å². The summed E-state index contributed by atoms with van der Waals surface area (Å²) in [5, 5.41) is 4.21. The Kier molecular flexibility index (Phi) is 6.96. The number of thioether (sulfide) groups is 1. The van der Waals surface area contributed by atoms with Gasteiger partial charge in [0.25, 0.3) is 0 Å². The molecule has 1 atom stereocenters. The third-order valence-corrected chi connectivity index (χ3v) is 5.48. The second kappa shape index (κ2) is 8.23. The number of hydrogen-bond acceptors (Lipinski definition) is 6. The number of oxime groups is 1. The van der Waals surface area contributed by atoms with E-state index in [9.17, 15) is 9.00 Å². The fraction of sp³-hybridized carbons (Fsp3) is 0.273. The number of hydrogen-bond donors (Lipinski definition) is 0. The molecule has 1 aromatic rings. The quantitative estimate of drug-likeness (QED) is 0.281. The first-order chi connectivity index (χ1) is 9.04. The van der Waals surface area contributed by atoms with Crippen molar-refractivity contribution in [1.29, 1.82) is 0 Å². The SMILES string of the molecule is CS/C(C)=N\OC(=O)N(C)S(=O)Sc1ccccc1. The van der Waals surface area contributed by atoms with Crippen molar-refractivity contribution in [2.75, 3.05) is 13.3 Å². The van der Waals surface area contributed by atoms with Crippen molar-refractivity contribution in [2.45, 2.75) is 11.8 Å². The highest BCUT2D eigenvalue weighted by Crippen LogP contribution is 2.23. The van der Waals surface area contributed by atoms with Gasteiger partial charge < -0.3 is 0 Å². The third kappa shape index (κ3) is 5.66. The average Bonchev–Trinajstić information content (AvgIpc) is 2.44. The van der Waals surface area contributed by atoms with Gasteiger partial charge in [0, 0.05) is 11.9 Å². The molecule has 0 saturated carbocycles. The molecule has 8 heteroatoms. The maximum atomic E-state index is 11.9. The van der Waals surface area contributed by atoms with Crippen LogP contribution in [-0.4, -0.2) is 33.0 Å². The number of carbonyl (C=O) groups excluding carboxylic acids is 1. The van der Waals surface area contributed by atoms with Gasteiger partial charge in [-0.05, 0) is 36.1 Å². The van der Waals surface area contributed by atoms with Gasteiger partial charge in [0.2, 0.25) is 0 Å². The molecule has 19 heavy (non-hydrogen) atoms. The maximum absolute atomic E-state index is 11.9. The molecule has 0 heterocycles. The maximum Gasteiger partial charge on any atom is 0.448 e. The second-order valence-electron chi connectivity index (χ2n) is 3.28. The largest absolute Gasteiger partial charge is 0.448 e. The van der Waals surface area contributed by atoms with E-state index in [2.05, 4.69) is 9.99 Å². The zero-order valence-corrected chi connectivity index (χ0v) is 13.2. The zero-order chi connectivity index (χ0) is 14.3. The van der Waals surface area contributed by atoms with Gasteiger partial charge in [-0.2, -0.15) is 0 Å². The molecule has 1 unspecified atom stereocenters. The fourth-order valence-electron chi connectivity index (χ4n) is 0.873. The Bertz CT molecular complexity index is 479. The number of rotatable bonds is 4. The van der Waals surface area contributed by atoms with Crippen LogP contribution < -0.4 is 0 Å². The molecule has 0 aliphatic carbocycles. The van der Waals surface area contributed by atoms with Gasteiger partial charge in [-0.25, -0.2) is 13.3 Å². The zero-order valence-electron chi connectivity index (χ0n) is 10.7. The molecule has 0 saturated heterocycles. The van der Waals surface area contributed by atoms with E-state index in [1.165, 1.54) is 18.8 Å². The summed E-state index contributed by atoms with van der Waals surface area (Å²) in [6.45, 7) is 1.72. The van der Waals surface area contributed by atoms with Gasteiger partial charge in [-0.1, -0.05) is 23.4 Å². The lowest BCUT2D eigenvalue weighted by molar-refractivity contribution is 0.136. The summed E-state index contributed by atoms with van der Waals surface area (Å²) in [6.07, 6.45) is 1.06. The van der Waals surface area contributed by atoms with Crippen molar-refractivity contribution in [1.82, 2.24) is 4.31 Å². The molecular formula is C11H14N2O3S3. The normalized spacial score (nSPS) is 12.9. The topological polar surface area (TPSA) is 59.0 Å². The molecule has 0 radical (unpaired) electrons. The van der Waals surface area contributed by atoms with E-state index in [1.807, 2.05) is 36.6 Å². The highest BCUT2D eigenvalue weighted by molar-refractivity contribution is 8.68. The number of carbonyl (C=O) groups is 1. The van der Waals surface area contributed by atoms with E-state index in [0.29, 0.717) is 5.04 Å². The molecule has 1 amide bonds. The molecule has 0 spiro atoms. The molecular weight excluding hydrogens is 304 g/mol. The molecule has 0 aromatic heterocycles. The Labute approximate surface area is 122 Å². The van der Waals surface area contributed by atoms with Crippen LogP contribution in [0.5, 0.6) is 0 Å². The minimum absolute atomic E-state index is 0.614. The summed E-state index contributed by atoms with van der Waals surface area (Å²) >= 11 is 1.36. The van der Waals surface area contributed by atoms with Crippen molar-refractivity contribution in [3.8, 4) is 0 Å². The molecule has 104 valence electrons. The van der Waals surface area contributed by atoms with Crippen LogP contribution in [0, 0.1) is 0 Å². The van der Waals surface area contributed by atoms with Crippen molar-refractivity contribution >= 4 is 43.7 Å². The van der Waals surface area contributed by atoms with E-state index in [0.717, 1.165) is 20.0 Å². The Morgan fingerprint density at radius 1 is 1.37 bits per heavy atom. The van der Waals surface area contributed by atoms with Crippen LogP contribution in [0.2, 0.25) is 0 Å². The van der Waals surface area contributed by atoms with Crippen LogP contribution in [0.4, 0.5) is 4.79 Å². The van der Waals surface area contributed by atoms with Gasteiger partial charge in [0.15, 0.2) is 10.0 Å². The van der Waals surface area contributed by atoms with Crippen LogP contribution in [0.25, 0.3) is 0 Å². The third-order valence-electron chi connectivity index (χ3n) is 1.94. The Morgan fingerprint density at radius 2 is 2.00 bits per heavy atom. The Morgan fingerprint density at radius 3 is 2.58 bits per heavy atom. The number of benzene rings is 1. The minimum atomic E-state index is -1.56. The highest BCUT2D eigenvalue weighted by atomic mass is 33.1. The predicted octanol–water partition coefficient (Wildman–Crippen LogP) is 3.12. The van der Waals surface area contributed by atoms with E-state index in [-0.39, 0.29) is 0 Å². The number of nitrogens with zero attached hydrogens (tertiary/aromatic N) is 2. The van der Waals surface area contributed by atoms with Gasteiger partial charge in [0.1, 0.15) is 5.04 Å². The van der Waals surface area contributed by atoms with Crippen LogP contribution >= 0.6 is 22.6 Å². The lowest BCUT2D eigenvalue weighted by atomic mass is 10.4.